The van der Waals surface area contributed by atoms with Crippen molar-refractivity contribution >= 4 is 5.91 Å². The monoisotopic (exact) mass is 371 g/mol. The molecule has 1 aromatic heterocycles. The van der Waals surface area contributed by atoms with Gasteiger partial charge in [0.05, 0.1) is 6.20 Å². The molecule has 0 aliphatic carbocycles. The van der Waals surface area contributed by atoms with Crippen LogP contribution >= 0.6 is 0 Å². The van der Waals surface area contributed by atoms with E-state index in [1.807, 2.05) is 18.5 Å². The number of nitrogens with zero attached hydrogens (tertiary/aromatic N) is 4. The maximum absolute atomic E-state index is 14.0. The molecule has 27 heavy (non-hydrogen) atoms. The van der Waals surface area contributed by atoms with Crippen LogP contribution in [0.1, 0.15) is 24.8 Å². The lowest BCUT2D eigenvalue weighted by atomic mass is 9.86. The van der Waals surface area contributed by atoms with Crippen LogP contribution in [-0.2, 0) is 11.3 Å². The molecule has 4 rings (SSSR count). The summed E-state index contributed by atoms with van der Waals surface area (Å²) >= 11 is 0. The molecule has 2 aromatic rings. The number of carbonyl (C=O) groups excluding carboxylic acids is 1. The molecule has 1 N–H and O–H groups in total. The van der Waals surface area contributed by atoms with E-state index in [1.54, 1.807) is 16.8 Å². The van der Waals surface area contributed by atoms with Crippen LogP contribution in [0.15, 0.2) is 36.7 Å². The Bertz CT molecular complexity index is 822. The Labute approximate surface area is 158 Å². The summed E-state index contributed by atoms with van der Waals surface area (Å²) < 4.78 is 15.6. The highest BCUT2D eigenvalue weighted by molar-refractivity contribution is 5.76. The number of hydrogen-bond acceptors (Lipinski definition) is 4. The Morgan fingerprint density at radius 2 is 2.11 bits per heavy atom. The van der Waals surface area contributed by atoms with Crippen molar-refractivity contribution in [3.8, 4) is 5.69 Å². The standard InChI is InChI=1S/C20H26FN5O/c1-24-10-11-25(15-20(24)7-6-19(27)22-9-8-20)13-16-12-23-26(14-16)18-5-3-2-4-17(18)21/h2-5,12,14H,6-11,13,15H2,1H3,(H,22,27)/t20-/m0/s1. The average Bonchev–Trinajstić information content (AvgIpc) is 3.03. The predicted molar refractivity (Wildman–Crippen MR) is 101 cm³/mol. The van der Waals surface area contributed by atoms with E-state index < -0.39 is 0 Å². The normalized spacial score (nSPS) is 24.7. The third-order valence-electron chi connectivity index (χ3n) is 5.95. The fraction of sp³-hybridized carbons (Fsp3) is 0.500. The molecule has 2 aliphatic heterocycles. The lowest BCUT2D eigenvalue weighted by molar-refractivity contribution is -0.121. The van der Waals surface area contributed by atoms with Gasteiger partial charge in [-0.15, -0.1) is 0 Å². The van der Waals surface area contributed by atoms with Crippen LogP contribution in [0.25, 0.3) is 5.69 Å². The number of nitrogens with one attached hydrogen (secondary N) is 1. The van der Waals surface area contributed by atoms with Crippen molar-refractivity contribution in [3.05, 3.63) is 48.0 Å². The Kier molecular flexibility index (Phi) is 4.97. The average molecular weight is 371 g/mol. The van der Waals surface area contributed by atoms with Gasteiger partial charge in [0.1, 0.15) is 11.5 Å². The van der Waals surface area contributed by atoms with Crippen molar-refractivity contribution in [1.29, 1.82) is 0 Å². The van der Waals surface area contributed by atoms with Gasteiger partial charge in [0.15, 0.2) is 0 Å². The number of piperazine rings is 1. The van der Waals surface area contributed by atoms with Crippen molar-refractivity contribution in [2.45, 2.75) is 31.3 Å². The van der Waals surface area contributed by atoms with E-state index in [-0.39, 0.29) is 17.3 Å². The highest BCUT2D eigenvalue weighted by Gasteiger charge is 2.40. The van der Waals surface area contributed by atoms with Gasteiger partial charge in [0, 0.05) is 56.4 Å². The molecule has 144 valence electrons. The maximum Gasteiger partial charge on any atom is 0.220 e. The third kappa shape index (κ3) is 3.75. The zero-order chi connectivity index (χ0) is 18.9. The summed E-state index contributed by atoms with van der Waals surface area (Å²) in [7, 11) is 2.17. The Hall–Kier alpha value is -2.25. The number of rotatable bonds is 3. The molecule has 2 fully saturated rings. The summed E-state index contributed by atoms with van der Waals surface area (Å²) in [6.07, 6.45) is 6.17. The number of hydrogen-bond donors (Lipinski definition) is 1. The van der Waals surface area contributed by atoms with Crippen LogP contribution in [0.4, 0.5) is 4.39 Å². The first-order valence-corrected chi connectivity index (χ1v) is 9.54. The Balaban J connectivity index is 1.47. The van der Waals surface area contributed by atoms with Gasteiger partial charge in [-0.1, -0.05) is 12.1 Å². The number of likely N-dealkylation sites (N-methyl/N-ethyl adjacent to an activating group) is 1. The maximum atomic E-state index is 14.0. The molecule has 0 saturated carbocycles. The van der Waals surface area contributed by atoms with E-state index in [0.29, 0.717) is 12.1 Å². The number of amides is 1. The molecule has 2 aliphatic rings. The lowest BCUT2D eigenvalue weighted by Crippen LogP contribution is -2.60. The molecular weight excluding hydrogens is 345 g/mol. The molecule has 1 spiro atoms. The first-order chi connectivity index (χ1) is 13.1. The largest absolute Gasteiger partial charge is 0.356 e. The van der Waals surface area contributed by atoms with Crippen molar-refractivity contribution in [2.24, 2.45) is 0 Å². The summed E-state index contributed by atoms with van der Waals surface area (Å²) in [4.78, 5) is 16.6. The van der Waals surface area contributed by atoms with Crippen LogP contribution in [-0.4, -0.2) is 64.3 Å². The molecule has 1 amide bonds. The number of para-hydroxylation sites is 1. The van der Waals surface area contributed by atoms with E-state index in [4.69, 9.17) is 0 Å². The van der Waals surface area contributed by atoms with Gasteiger partial charge >= 0.3 is 0 Å². The highest BCUT2D eigenvalue weighted by Crippen LogP contribution is 2.31. The van der Waals surface area contributed by atoms with E-state index in [2.05, 4.69) is 27.3 Å². The summed E-state index contributed by atoms with van der Waals surface area (Å²) in [5.41, 5.74) is 1.58. The summed E-state index contributed by atoms with van der Waals surface area (Å²) in [6.45, 7) is 4.41. The molecule has 1 atom stereocenters. The van der Waals surface area contributed by atoms with E-state index in [0.717, 1.165) is 51.1 Å². The van der Waals surface area contributed by atoms with Crippen LogP contribution in [0.5, 0.6) is 0 Å². The number of halogens is 1. The summed E-state index contributed by atoms with van der Waals surface area (Å²) in [5, 5.41) is 7.34. The van der Waals surface area contributed by atoms with Gasteiger partial charge in [0.2, 0.25) is 5.91 Å². The molecule has 0 unspecified atom stereocenters. The number of carbonyl (C=O) groups is 1. The van der Waals surface area contributed by atoms with Crippen LogP contribution in [0, 0.1) is 5.82 Å². The fourth-order valence-corrected chi connectivity index (χ4v) is 4.28. The lowest BCUT2D eigenvalue weighted by Gasteiger charge is -2.49. The summed E-state index contributed by atoms with van der Waals surface area (Å²) in [6, 6.07) is 6.67. The topological polar surface area (TPSA) is 53.4 Å². The minimum absolute atomic E-state index is 0.0406. The van der Waals surface area contributed by atoms with Crippen molar-refractivity contribution in [1.82, 2.24) is 24.9 Å². The molecule has 0 radical (unpaired) electrons. The van der Waals surface area contributed by atoms with Gasteiger partial charge < -0.3 is 5.32 Å². The quantitative estimate of drug-likeness (QED) is 0.894. The number of aromatic nitrogens is 2. The van der Waals surface area contributed by atoms with Gasteiger partial charge in [-0.25, -0.2) is 9.07 Å². The van der Waals surface area contributed by atoms with Crippen molar-refractivity contribution < 1.29 is 9.18 Å². The highest BCUT2D eigenvalue weighted by atomic mass is 19.1. The van der Waals surface area contributed by atoms with Crippen LogP contribution in [0.2, 0.25) is 0 Å². The molecule has 1 aromatic carbocycles. The zero-order valence-electron chi connectivity index (χ0n) is 15.7. The van der Waals surface area contributed by atoms with E-state index in [1.165, 1.54) is 6.07 Å². The predicted octanol–water partition coefficient (Wildman–Crippen LogP) is 1.80. The number of benzene rings is 1. The third-order valence-corrected chi connectivity index (χ3v) is 5.95. The molecule has 0 bridgehead atoms. The minimum atomic E-state index is -0.277. The van der Waals surface area contributed by atoms with Crippen LogP contribution in [0.3, 0.4) is 0 Å². The first-order valence-electron chi connectivity index (χ1n) is 9.54. The van der Waals surface area contributed by atoms with Crippen molar-refractivity contribution in [2.75, 3.05) is 33.2 Å². The van der Waals surface area contributed by atoms with E-state index >= 15 is 0 Å². The Morgan fingerprint density at radius 3 is 2.96 bits per heavy atom. The van der Waals surface area contributed by atoms with E-state index in [9.17, 15) is 9.18 Å². The first kappa shape index (κ1) is 18.1. The van der Waals surface area contributed by atoms with Gasteiger partial charge in [-0.2, -0.15) is 5.10 Å². The Morgan fingerprint density at radius 1 is 1.26 bits per heavy atom. The second-order valence-electron chi connectivity index (χ2n) is 7.70. The van der Waals surface area contributed by atoms with Gasteiger partial charge in [-0.3, -0.25) is 14.6 Å². The molecule has 3 heterocycles. The fourth-order valence-electron chi connectivity index (χ4n) is 4.28. The molecular formula is C20H26FN5O. The smallest absolute Gasteiger partial charge is 0.220 e. The van der Waals surface area contributed by atoms with Crippen molar-refractivity contribution in [3.63, 3.8) is 0 Å². The second-order valence-corrected chi connectivity index (χ2v) is 7.70. The minimum Gasteiger partial charge on any atom is -0.356 e. The van der Waals surface area contributed by atoms with Gasteiger partial charge in [0.25, 0.3) is 0 Å². The molecule has 6 nitrogen and oxygen atoms in total. The zero-order valence-corrected chi connectivity index (χ0v) is 15.7. The molecule has 2 saturated heterocycles. The second kappa shape index (κ2) is 7.40. The molecule has 7 heteroatoms. The summed E-state index contributed by atoms with van der Waals surface area (Å²) in [5.74, 6) is -0.120. The van der Waals surface area contributed by atoms with Crippen LogP contribution < -0.4 is 5.32 Å². The SMILES string of the molecule is CN1CCN(Cc2cnn(-c3ccccc3F)c2)C[C@]12CCNC(=O)CC2. The van der Waals surface area contributed by atoms with Gasteiger partial charge in [-0.05, 0) is 32.0 Å².